The minimum atomic E-state index is -1.75. The van der Waals surface area contributed by atoms with E-state index in [-0.39, 0.29) is 66.7 Å². The molecule has 4 aliphatic carbocycles. The SMILES string of the molecule is CC1=C(CO)C(=O)OC(C(C)C2CCC3C4C5OC5C5(O)CC(OC6OC(COC7OC(CO)C(O)C(O)C7O)C(O)C(O)C6O)CC(O)C5(C)C4CCC23C)C1. The number of carbonyl (C=O) groups excluding carboxylic acids is 1. The van der Waals surface area contributed by atoms with Gasteiger partial charge in [0.05, 0.1) is 43.7 Å². The van der Waals surface area contributed by atoms with E-state index in [2.05, 4.69) is 13.8 Å². The van der Waals surface area contributed by atoms with Gasteiger partial charge in [-0.15, -0.1) is 0 Å². The second-order valence-electron chi connectivity index (χ2n) is 18.9. The number of fused-ring (bicyclic) bond motifs is 8. The van der Waals surface area contributed by atoms with Crippen LogP contribution in [0.1, 0.15) is 72.6 Å². The fourth-order valence-corrected chi connectivity index (χ4v) is 12.9. The molecule has 0 amide bonds. The van der Waals surface area contributed by atoms with E-state index in [1.54, 1.807) is 0 Å². The van der Waals surface area contributed by atoms with Crippen molar-refractivity contribution in [1.82, 2.24) is 0 Å². The molecule has 8 aliphatic rings. The zero-order chi connectivity index (χ0) is 41.1. The van der Waals surface area contributed by atoms with Crippen molar-refractivity contribution in [2.45, 2.75) is 170 Å². The number of aliphatic hydroxyl groups is 10. The topological polar surface area (TPSA) is 278 Å². The third-order valence-corrected chi connectivity index (χ3v) is 16.4. The molecule has 3 saturated heterocycles. The summed E-state index contributed by atoms with van der Waals surface area (Å²) < 4.78 is 35.3. The number of ether oxygens (including phenoxy) is 6. The second kappa shape index (κ2) is 15.2. The molecule has 0 aromatic carbocycles. The Kier molecular flexibility index (Phi) is 11.3. The first-order chi connectivity index (χ1) is 26.9. The van der Waals surface area contributed by atoms with Gasteiger partial charge in [-0.1, -0.05) is 26.3 Å². The van der Waals surface area contributed by atoms with Gasteiger partial charge in [-0.3, -0.25) is 0 Å². The van der Waals surface area contributed by atoms with Crippen molar-refractivity contribution in [2.75, 3.05) is 19.8 Å². The van der Waals surface area contributed by atoms with Gasteiger partial charge in [0, 0.05) is 24.7 Å². The van der Waals surface area contributed by atoms with E-state index in [9.17, 15) is 55.9 Å². The number of epoxide rings is 1. The minimum Gasteiger partial charge on any atom is -0.458 e. The number of hydrogen-bond donors (Lipinski definition) is 10. The summed E-state index contributed by atoms with van der Waals surface area (Å²) in [6, 6.07) is 0. The first-order valence-electron chi connectivity index (χ1n) is 20.7. The summed E-state index contributed by atoms with van der Waals surface area (Å²) in [4.78, 5) is 12.7. The number of carbonyl (C=O) groups is 1. The summed E-state index contributed by atoms with van der Waals surface area (Å²) >= 11 is 0. The van der Waals surface area contributed by atoms with Crippen molar-refractivity contribution in [3.63, 3.8) is 0 Å². The van der Waals surface area contributed by atoms with E-state index >= 15 is 0 Å². The van der Waals surface area contributed by atoms with Crippen LogP contribution in [0, 0.1) is 40.4 Å². The molecule has 8 rings (SSSR count). The Morgan fingerprint density at radius 1 is 0.842 bits per heavy atom. The molecule has 4 saturated carbocycles. The highest BCUT2D eigenvalue weighted by atomic mass is 16.7. The third kappa shape index (κ3) is 6.49. The van der Waals surface area contributed by atoms with E-state index in [4.69, 9.17) is 28.4 Å². The maximum atomic E-state index is 12.7. The number of esters is 1. The largest absolute Gasteiger partial charge is 0.458 e. The molecule has 10 N–H and O–H groups in total. The van der Waals surface area contributed by atoms with Gasteiger partial charge in [0.25, 0.3) is 0 Å². The van der Waals surface area contributed by atoms with Crippen LogP contribution in [0.2, 0.25) is 0 Å². The lowest BCUT2D eigenvalue weighted by molar-refractivity contribution is -0.344. The number of hydrogen-bond acceptors (Lipinski definition) is 17. The predicted octanol–water partition coefficient (Wildman–Crippen LogP) is -2.01. The number of rotatable bonds is 9. The van der Waals surface area contributed by atoms with Gasteiger partial charge in [0.15, 0.2) is 12.6 Å². The standard InChI is InChI=1S/C40H62O17/c1-15-9-22(54-35(50)18(15)12-41)16(2)19-5-6-20-26-21(7-8-38(19,20)3)39(4)25(43)10-17(11-40(39,51)34-33(26)57-34)53-37-32(49)30(47)28(45)24(56-37)14-52-36-31(48)29(46)27(44)23(13-42)55-36/h16-17,19-34,36-37,41-49,51H,5-14H2,1-4H3. The smallest absolute Gasteiger partial charge is 0.336 e. The normalized spacial score (nSPS) is 55.3. The van der Waals surface area contributed by atoms with Gasteiger partial charge in [-0.05, 0) is 67.6 Å². The van der Waals surface area contributed by atoms with Crippen LogP contribution in [0.3, 0.4) is 0 Å². The Labute approximate surface area is 331 Å². The Hall–Kier alpha value is -1.39. The molecule has 17 heteroatoms. The lowest BCUT2D eigenvalue weighted by Crippen LogP contribution is -2.71. The van der Waals surface area contributed by atoms with Crippen molar-refractivity contribution in [1.29, 1.82) is 0 Å². The molecule has 4 aliphatic heterocycles. The zero-order valence-corrected chi connectivity index (χ0v) is 32.9. The summed E-state index contributed by atoms with van der Waals surface area (Å²) in [6.45, 7) is 6.83. The second-order valence-corrected chi connectivity index (χ2v) is 18.9. The van der Waals surface area contributed by atoms with E-state index < -0.39 is 110 Å². The first kappa shape index (κ1) is 42.3. The monoisotopic (exact) mass is 814 g/mol. The van der Waals surface area contributed by atoms with Gasteiger partial charge in [-0.2, -0.15) is 0 Å². The highest BCUT2D eigenvalue weighted by Gasteiger charge is 2.78. The van der Waals surface area contributed by atoms with Crippen molar-refractivity contribution < 1.29 is 84.3 Å². The Morgan fingerprint density at radius 3 is 2.18 bits per heavy atom. The van der Waals surface area contributed by atoms with Crippen molar-refractivity contribution in [3.05, 3.63) is 11.1 Å². The summed E-state index contributed by atoms with van der Waals surface area (Å²) in [5.41, 5.74) is -1.30. The summed E-state index contributed by atoms with van der Waals surface area (Å²) in [5.74, 6) is 0.249. The molecule has 7 fully saturated rings. The van der Waals surface area contributed by atoms with Crippen molar-refractivity contribution in [3.8, 4) is 0 Å². The molecule has 0 bridgehead atoms. The Bertz CT molecular complexity index is 1540. The average Bonchev–Trinajstić information content (AvgIpc) is 3.91. The number of aliphatic hydroxyl groups excluding tert-OH is 9. The molecule has 324 valence electrons. The van der Waals surface area contributed by atoms with Crippen LogP contribution in [0.5, 0.6) is 0 Å². The molecule has 17 nitrogen and oxygen atoms in total. The van der Waals surface area contributed by atoms with Gasteiger partial charge < -0.3 is 79.5 Å². The van der Waals surface area contributed by atoms with Crippen LogP contribution in [-0.4, -0.2) is 174 Å². The van der Waals surface area contributed by atoms with Gasteiger partial charge in [-0.25, -0.2) is 4.79 Å². The quantitative estimate of drug-likeness (QED) is 0.0684. The third-order valence-electron chi connectivity index (χ3n) is 16.4. The Morgan fingerprint density at radius 2 is 1.51 bits per heavy atom. The van der Waals surface area contributed by atoms with E-state index in [1.807, 2.05) is 13.8 Å². The van der Waals surface area contributed by atoms with Crippen LogP contribution < -0.4 is 0 Å². The molecule has 23 unspecified atom stereocenters. The highest BCUT2D eigenvalue weighted by molar-refractivity contribution is 5.90. The van der Waals surface area contributed by atoms with Crippen molar-refractivity contribution >= 4 is 5.97 Å². The van der Waals surface area contributed by atoms with Gasteiger partial charge >= 0.3 is 5.97 Å². The number of cyclic esters (lactones) is 1. The fraction of sp³-hybridized carbons (Fsp3) is 0.925. The van der Waals surface area contributed by atoms with Crippen LogP contribution in [0.25, 0.3) is 0 Å². The van der Waals surface area contributed by atoms with E-state index in [0.717, 1.165) is 31.3 Å². The molecule has 57 heavy (non-hydrogen) atoms. The van der Waals surface area contributed by atoms with E-state index in [0.29, 0.717) is 12.0 Å². The summed E-state index contributed by atoms with van der Waals surface area (Å²) in [7, 11) is 0. The molecule has 0 aromatic heterocycles. The van der Waals surface area contributed by atoms with Crippen LogP contribution >= 0.6 is 0 Å². The minimum absolute atomic E-state index is 0.0551. The average molecular weight is 815 g/mol. The molecular formula is C40H62O17. The molecule has 0 spiro atoms. The zero-order valence-electron chi connectivity index (χ0n) is 32.9. The van der Waals surface area contributed by atoms with Gasteiger partial charge in [0.2, 0.25) is 0 Å². The lowest BCUT2D eigenvalue weighted by Gasteiger charge is -2.64. The van der Waals surface area contributed by atoms with E-state index in [1.165, 1.54) is 0 Å². The molecular weight excluding hydrogens is 752 g/mol. The summed E-state index contributed by atoms with van der Waals surface area (Å²) in [6.07, 6.45) is -14.4. The summed E-state index contributed by atoms with van der Waals surface area (Å²) in [5, 5.41) is 107. The maximum absolute atomic E-state index is 12.7. The Balaban J connectivity index is 0.943. The first-order valence-corrected chi connectivity index (χ1v) is 20.7. The molecule has 4 heterocycles. The molecule has 23 atom stereocenters. The predicted molar refractivity (Wildman–Crippen MR) is 192 cm³/mol. The van der Waals surface area contributed by atoms with Gasteiger partial charge in [0.1, 0.15) is 66.6 Å². The lowest BCUT2D eigenvalue weighted by atomic mass is 9.42. The fourth-order valence-electron chi connectivity index (χ4n) is 12.9. The molecule has 0 radical (unpaired) electrons. The molecule has 0 aromatic rings. The maximum Gasteiger partial charge on any atom is 0.336 e. The van der Waals surface area contributed by atoms with Crippen molar-refractivity contribution in [2.24, 2.45) is 40.4 Å². The van der Waals surface area contributed by atoms with Crippen LogP contribution in [0.15, 0.2) is 11.1 Å². The van der Waals surface area contributed by atoms with Crippen LogP contribution in [-0.2, 0) is 33.2 Å². The highest BCUT2D eigenvalue weighted by Crippen LogP contribution is 2.73. The van der Waals surface area contributed by atoms with Crippen LogP contribution in [0.4, 0.5) is 0 Å².